The zero-order valence-electron chi connectivity index (χ0n) is 13.6. The van der Waals surface area contributed by atoms with Crippen molar-refractivity contribution in [1.29, 1.82) is 0 Å². The van der Waals surface area contributed by atoms with E-state index in [1.54, 1.807) is 0 Å². The van der Waals surface area contributed by atoms with Gasteiger partial charge in [-0.3, -0.25) is 0 Å². The third-order valence-electron chi connectivity index (χ3n) is 3.59. The number of anilines is 1. The van der Waals surface area contributed by atoms with E-state index in [0.29, 0.717) is 6.61 Å². The molecule has 1 rings (SSSR count). The molecule has 0 aliphatic rings. The quantitative estimate of drug-likeness (QED) is 0.458. The summed E-state index contributed by atoms with van der Waals surface area (Å²) in [6.07, 6.45) is 10.7. The van der Waals surface area contributed by atoms with E-state index in [4.69, 9.17) is 16.3 Å². The van der Waals surface area contributed by atoms with Gasteiger partial charge in [-0.2, -0.15) is 0 Å². The monoisotopic (exact) mass is 311 g/mol. The fraction of sp³-hybridized carbons (Fsp3) is 0.667. The summed E-state index contributed by atoms with van der Waals surface area (Å²) in [5.74, 6) is 0.890. The topological polar surface area (TPSA) is 21.3 Å². The number of halogens is 1. The number of unbranched alkanes of at least 4 members (excludes halogenated alkanes) is 7. The molecule has 0 heterocycles. The van der Waals surface area contributed by atoms with Crippen LogP contribution in [0.2, 0.25) is 5.02 Å². The van der Waals surface area contributed by atoms with Crippen molar-refractivity contribution >= 4 is 17.3 Å². The fourth-order valence-corrected chi connectivity index (χ4v) is 2.58. The number of benzene rings is 1. The van der Waals surface area contributed by atoms with E-state index in [-0.39, 0.29) is 0 Å². The van der Waals surface area contributed by atoms with Crippen molar-refractivity contribution in [1.82, 2.24) is 0 Å². The molecular weight excluding hydrogens is 282 g/mol. The molecule has 120 valence electrons. The molecule has 0 saturated carbocycles. The highest BCUT2D eigenvalue weighted by molar-refractivity contribution is 6.30. The van der Waals surface area contributed by atoms with Gasteiger partial charge in [-0.25, -0.2) is 0 Å². The normalized spacial score (nSPS) is 10.6. The summed E-state index contributed by atoms with van der Waals surface area (Å²) < 4.78 is 5.60. The molecule has 1 N–H and O–H groups in total. The van der Waals surface area contributed by atoms with Crippen LogP contribution in [0, 0.1) is 0 Å². The van der Waals surface area contributed by atoms with Crippen LogP contribution in [-0.4, -0.2) is 13.2 Å². The van der Waals surface area contributed by atoms with E-state index in [1.807, 2.05) is 25.1 Å². The zero-order valence-corrected chi connectivity index (χ0v) is 14.3. The van der Waals surface area contributed by atoms with Crippen LogP contribution in [0.25, 0.3) is 0 Å². The predicted octanol–water partition coefficient (Wildman–Crippen LogP) is 6.29. The van der Waals surface area contributed by atoms with Crippen LogP contribution in [0.1, 0.15) is 65.2 Å². The molecular formula is C18H30ClNO. The minimum absolute atomic E-state index is 0.675. The first-order valence-corrected chi connectivity index (χ1v) is 8.82. The Morgan fingerprint density at radius 2 is 1.62 bits per heavy atom. The van der Waals surface area contributed by atoms with E-state index in [2.05, 4.69) is 12.2 Å². The van der Waals surface area contributed by atoms with Crippen molar-refractivity contribution in [2.24, 2.45) is 0 Å². The van der Waals surface area contributed by atoms with Gasteiger partial charge in [0.15, 0.2) is 0 Å². The molecule has 21 heavy (non-hydrogen) atoms. The Morgan fingerprint density at radius 3 is 2.29 bits per heavy atom. The summed E-state index contributed by atoms with van der Waals surface area (Å²) in [5.41, 5.74) is 1.01. The lowest BCUT2D eigenvalue weighted by atomic mass is 10.1. The van der Waals surface area contributed by atoms with Crippen molar-refractivity contribution in [2.45, 2.75) is 65.2 Å². The standard InChI is InChI=1S/C18H30ClNO/c1-3-5-6-7-8-9-10-11-14-20-17-15-16(19)12-13-18(17)21-4-2/h12-13,15,20H,3-11,14H2,1-2H3. The summed E-state index contributed by atoms with van der Waals surface area (Å²) in [6.45, 7) is 5.92. The van der Waals surface area contributed by atoms with Gasteiger partial charge in [0.25, 0.3) is 0 Å². The second-order valence-corrected chi connectivity index (χ2v) is 5.91. The van der Waals surface area contributed by atoms with Crippen LogP contribution in [0.5, 0.6) is 5.75 Å². The average molecular weight is 312 g/mol. The molecule has 0 fully saturated rings. The molecule has 0 saturated heterocycles. The first-order chi connectivity index (χ1) is 10.3. The van der Waals surface area contributed by atoms with E-state index in [0.717, 1.165) is 23.0 Å². The number of rotatable bonds is 12. The molecule has 0 amide bonds. The van der Waals surface area contributed by atoms with Crippen LogP contribution >= 0.6 is 11.6 Å². The zero-order chi connectivity index (χ0) is 15.3. The lowest BCUT2D eigenvalue weighted by Crippen LogP contribution is -2.04. The number of hydrogen-bond acceptors (Lipinski definition) is 2. The van der Waals surface area contributed by atoms with Gasteiger partial charge in [0, 0.05) is 11.6 Å². The summed E-state index contributed by atoms with van der Waals surface area (Å²) in [4.78, 5) is 0. The number of ether oxygens (including phenoxy) is 1. The largest absolute Gasteiger partial charge is 0.492 e. The van der Waals surface area contributed by atoms with Crippen molar-refractivity contribution < 1.29 is 4.74 Å². The van der Waals surface area contributed by atoms with Crippen LogP contribution in [0.15, 0.2) is 18.2 Å². The molecule has 0 aromatic heterocycles. The third-order valence-corrected chi connectivity index (χ3v) is 3.82. The maximum Gasteiger partial charge on any atom is 0.142 e. The van der Waals surface area contributed by atoms with Gasteiger partial charge in [-0.05, 0) is 31.5 Å². The Morgan fingerprint density at radius 1 is 0.952 bits per heavy atom. The van der Waals surface area contributed by atoms with Gasteiger partial charge < -0.3 is 10.1 Å². The first kappa shape index (κ1) is 18.2. The maximum absolute atomic E-state index is 6.04. The molecule has 2 nitrogen and oxygen atoms in total. The average Bonchev–Trinajstić information content (AvgIpc) is 2.48. The number of hydrogen-bond donors (Lipinski definition) is 1. The van der Waals surface area contributed by atoms with E-state index < -0.39 is 0 Å². The predicted molar refractivity (Wildman–Crippen MR) is 93.7 cm³/mol. The second-order valence-electron chi connectivity index (χ2n) is 5.48. The Kier molecular flexibility index (Phi) is 10.1. The molecule has 0 aliphatic heterocycles. The fourth-order valence-electron chi connectivity index (χ4n) is 2.40. The second kappa shape index (κ2) is 11.7. The minimum Gasteiger partial charge on any atom is -0.492 e. The minimum atomic E-state index is 0.675. The van der Waals surface area contributed by atoms with E-state index in [1.165, 1.54) is 51.4 Å². The molecule has 0 bridgehead atoms. The highest BCUT2D eigenvalue weighted by atomic mass is 35.5. The molecule has 3 heteroatoms. The Labute approximate surface area is 135 Å². The van der Waals surface area contributed by atoms with Gasteiger partial charge in [0.05, 0.1) is 12.3 Å². The molecule has 0 spiro atoms. The molecule has 1 aromatic carbocycles. The summed E-state index contributed by atoms with van der Waals surface area (Å²) in [5, 5.41) is 4.19. The highest BCUT2D eigenvalue weighted by Crippen LogP contribution is 2.28. The molecule has 0 aliphatic carbocycles. The van der Waals surface area contributed by atoms with Crippen molar-refractivity contribution in [3.05, 3.63) is 23.2 Å². The summed E-state index contributed by atoms with van der Waals surface area (Å²) >= 11 is 6.04. The van der Waals surface area contributed by atoms with Crippen LogP contribution in [-0.2, 0) is 0 Å². The highest BCUT2D eigenvalue weighted by Gasteiger charge is 2.03. The first-order valence-electron chi connectivity index (χ1n) is 8.44. The van der Waals surface area contributed by atoms with Crippen molar-refractivity contribution in [3.8, 4) is 5.75 Å². The SMILES string of the molecule is CCCCCCCCCCNc1cc(Cl)ccc1OCC. The van der Waals surface area contributed by atoms with Crippen LogP contribution in [0.3, 0.4) is 0 Å². The Hall–Kier alpha value is -0.890. The smallest absolute Gasteiger partial charge is 0.142 e. The van der Waals surface area contributed by atoms with Gasteiger partial charge in [-0.1, -0.05) is 63.5 Å². The van der Waals surface area contributed by atoms with Crippen molar-refractivity contribution in [3.63, 3.8) is 0 Å². The van der Waals surface area contributed by atoms with Gasteiger partial charge in [0.1, 0.15) is 5.75 Å². The molecule has 0 unspecified atom stereocenters. The lowest BCUT2D eigenvalue weighted by Gasteiger charge is -2.12. The van der Waals surface area contributed by atoms with E-state index >= 15 is 0 Å². The molecule has 0 radical (unpaired) electrons. The maximum atomic E-state index is 6.04. The van der Waals surface area contributed by atoms with Gasteiger partial charge in [0.2, 0.25) is 0 Å². The van der Waals surface area contributed by atoms with Gasteiger partial charge >= 0.3 is 0 Å². The number of nitrogens with one attached hydrogen (secondary N) is 1. The van der Waals surface area contributed by atoms with Crippen LogP contribution < -0.4 is 10.1 Å². The van der Waals surface area contributed by atoms with E-state index in [9.17, 15) is 0 Å². The molecule has 1 aromatic rings. The summed E-state index contributed by atoms with van der Waals surface area (Å²) in [6, 6.07) is 5.74. The third kappa shape index (κ3) is 8.21. The van der Waals surface area contributed by atoms with Crippen LogP contribution in [0.4, 0.5) is 5.69 Å². The van der Waals surface area contributed by atoms with Gasteiger partial charge in [-0.15, -0.1) is 0 Å². The summed E-state index contributed by atoms with van der Waals surface area (Å²) in [7, 11) is 0. The lowest BCUT2D eigenvalue weighted by molar-refractivity contribution is 0.341. The molecule has 0 atom stereocenters. The Bertz CT molecular complexity index is 381. The van der Waals surface area contributed by atoms with Crippen molar-refractivity contribution in [2.75, 3.05) is 18.5 Å². The Balaban J connectivity index is 2.16.